The summed E-state index contributed by atoms with van der Waals surface area (Å²) in [5, 5.41) is 1.20. The molecule has 1 saturated heterocycles. The molecule has 1 aliphatic heterocycles. The number of benzene rings is 2. The van der Waals surface area contributed by atoms with Gasteiger partial charge in [0.05, 0.1) is 0 Å². The van der Waals surface area contributed by atoms with Crippen LogP contribution >= 0.6 is 23.2 Å². The molecule has 3 rings (SSSR count). The maximum atomic E-state index is 12.7. The van der Waals surface area contributed by atoms with Crippen LogP contribution < -0.4 is 0 Å². The average Bonchev–Trinajstić information content (AvgIpc) is 2.73. The maximum absolute atomic E-state index is 12.7. The van der Waals surface area contributed by atoms with E-state index in [1.54, 1.807) is 46.2 Å². The molecule has 1 fully saturated rings. The van der Waals surface area contributed by atoms with Gasteiger partial charge in [0.1, 0.15) is 0 Å². The number of carbonyl (C=O) groups excluding carboxylic acids is 2. The number of amides is 2. The van der Waals surface area contributed by atoms with E-state index in [0.29, 0.717) is 23.1 Å². The van der Waals surface area contributed by atoms with Gasteiger partial charge in [-0.3, -0.25) is 9.59 Å². The second-order valence-corrected chi connectivity index (χ2v) is 8.20. The van der Waals surface area contributed by atoms with Crippen molar-refractivity contribution in [3.05, 3.63) is 81.9 Å². The lowest BCUT2D eigenvalue weighted by molar-refractivity contribution is -0.139. The van der Waals surface area contributed by atoms with E-state index >= 15 is 0 Å². The lowest BCUT2D eigenvalue weighted by Gasteiger charge is -2.43. The molecule has 0 aliphatic carbocycles. The normalized spacial score (nSPS) is 19.6. The molecule has 4 nitrogen and oxygen atoms in total. The molecule has 156 valence electrons. The van der Waals surface area contributed by atoms with E-state index in [-0.39, 0.29) is 23.9 Å². The zero-order chi connectivity index (χ0) is 21.7. The van der Waals surface area contributed by atoms with Crippen molar-refractivity contribution in [2.75, 3.05) is 13.1 Å². The molecule has 6 heteroatoms. The van der Waals surface area contributed by atoms with Crippen molar-refractivity contribution in [3.8, 4) is 0 Å². The Bertz CT molecular complexity index is 907. The summed E-state index contributed by atoms with van der Waals surface area (Å²) >= 11 is 12.3. The van der Waals surface area contributed by atoms with Crippen LogP contribution in [-0.2, 0) is 9.59 Å². The third kappa shape index (κ3) is 5.32. The van der Waals surface area contributed by atoms with Crippen molar-refractivity contribution in [2.24, 2.45) is 0 Å². The smallest absolute Gasteiger partial charge is 0.246 e. The van der Waals surface area contributed by atoms with Crippen molar-refractivity contribution >= 4 is 47.2 Å². The van der Waals surface area contributed by atoms with Gasteiger partial charge < -0.3 is 9.80 Å². The molecular formula is C24H24Cl2N2O2. The highest BCUT2D eigenvalue weighted by Crippen LogP contribution is 2.20. The molecule has 0 N–H and O–H groups in total. The molecule has 0 saturated carbocycles. The third-order valence-corrected chi connectivity index (χ3v) is 5.86. The predicted molar refractivity (Wildman–Crippen MR) is 123 cm³/mol. The fraction of sp³-hybridized carbons (Fsp3) is 0.250. The molecule has 30 heavy (non-hydrogen) atoms. The fourth-order valence-electron chi connectivity index (χ4n) is 3.47. The number of halogens is 2. The van der Waals surface area contributed by atoms with Crippen LogP contribution in [0.5, 0.6) is 0 Å². The zero-order valence-corrected chi connectivity index (χ0v) is 18.5. The first-order chi connectivity index (χ1) is 14.4. The SMILES string of the molecule is CC1CN(C(=O)C=Cc2ccccc2Cl)C(C)CN1C(=O)C=Cc1ccccc1Cl. The second kappa shape index (κ2) is 9.96. The first-order valence-corrected chi connectivity index (χ1v) is 10.6. The van der Waals surface area contributed by atoms with E-state index in [1.165, 1.54) is 0 Å². The molecule has 0 bridgehead atoms. The van der Waals surface area contributed by atoms with Crippen molar-refractivity contribution < 1.29 is 9.59 Å². The van der Waals surface area contributed by atoms with E-state index in [2.05, 4.69) is 0 Å². The predicted octanol–water partition coefficient (Wildman–Crippen LogP) is 5.17. The van der Waals surface area contributed by atoms with E-state index in [9.17, 15) is 9.59 Å². The second-order valence-electron chi connectivity index (χ2n) is 7.39. The van der Waals surface area contributed by atoms with Gasteiger partial charge in [0, 0.05) is 47.4 Å². The van der Waals surface area contributed by atoms with E-state index < -0.39 is 0 Å². The fourth-order valence-corrected chi connectivity index (χ4v) is 3.87. The molecule has 2 aromatic carbocycles. The summed E-state index contributed by atoms with van der Waals surface area (Å²) in [5.41, 5.74) is 1.60. The summed E-state index contributed by atoms with van der Waals surface area (Å²) in [5.74, 6) is -0.180. The largest absolute Gasteiger partial charge is 0.333 e. The molecule has 0 spiro atoms. The Morgan fingerprint density at radius 3 is 1.50 bits per heavy atom. The maximum Gasteiger partial charge on any atom is 0.246 e. The number of hydrogen-bond acceptors (Lipinski definition) is 2. The van der Waals surface area contributed by atoms with Crippen LogP contribution in [0.2, 0.25) is 10.0 Å². The van der Waals surface area contributed by atoms with E-state index in [0.717, 1.165) is 11.1 Å². The molecule has 1 aliphatic rings. The van der Waals surface area contributed by atoms with Crippen LogP contribution in [0, 0.1) is 0 Å². The average molecular weight is 443 g/mol. The molecule has 2 unspecified atom stereocenters. The van der Waals surface area contributed by atoms with Crippen LogP contribution in [0.4, 0.5) is 0 Å². The van der Waals surface area contributed by atoms with Crippen LogP contribution in [0.3, 0.4) is 0 Å². The topological polar surface area (TPSA) is 40.6 Å². The Morgan fingerprint density at radius 2 is 1.13 bits per heavy atom. The standard InChI is InChI=1S/C24H24Cl2N2O2/c1-17-15-28(24(30)14-12-20-8-4-6-10-22(20)26)18(2)16-27(17)23(29)13-11-19-7-3-5-9-21(19)25/h3-14,17-18H,15-16H2,1-2H3. The number of piperazine rings is 1. The Kier molecular flexibility index (Phi) is 7.35. The highest BCUT2D eigenvalue weighted by atomic mass is 35.5. The van der Waals surface area contributed by atoms with Gasteiger partial charge in [0.15, 0.2) is 0 Å². The van der Waals surface area contributed by atoms with Gasteiger partial charge in [0.25, 0.3) is 0 Å². The van der Waals surface area contributed by atoms with Crippen molar-refractivity contribution in [1.29, 1.82) is 0 Å². The highest BCUT2D eigenvalue weighted by molar-refractivity contribution is 6.32. The van der Waals surface area contributed by atoms with Crippen LogP contribution in [0.15, 0.2) is 60.7 Å². The van der Waals surface area contributed by atoms with E-state index in [4.69, 9.17) is 23.2 Å². The van der Waals surface area contributed by atoms with Gasteiger partial charge >= 0.3 is 0 Å². The molecule has 2 aromatic rings. The number of nitrogens with zero attached hydrogens (tertiary/aromatic N) is 2. The summed E-state index contributed by atoms with van der Waals surface area (Å²) in [6.45, 7) is 4.84. The first kappa shape index (κ1) is 22.1. The summed E-state index contributed by atoms with van der Waals surface area (Å²) < 4.78 is 0. The summed E-state index contributed by atoms with van der Waals surface area (Å²) in [4.78, 5) is 29.0. The minimum absolute atomic E-state index is 0.0898. The molecule has 2 atom stereocenters. The van der Waals surface area contributed by atoms with Crippen LogP contribution in [0.25, 0.3) is 12.2 Å². The number of hydrogen-bond donors (Lipinski definition) is 0. The van der Waals surface area contributed by atoms with Crippen molar-refractivity contribution in [2.45, 2.75) is 25.9 Å². The third-order valence-electron chi connectivity index (χ3n) is 5.17. The molecule has 0 radical (unpaired) electrons. The molecule has 1 heterocycles. The lowest BCUT2D eigenvalue weighted by Crippen LogP contribution is -2.59. The van der Waals surface area contributed by atoms with Gasteiger partial charge in [-0.1, -0.05) is 59.6 Å². The quantitative estimate of drug-likeness (QED) is 0.612. The van der Waals surface area contributed by atoms with Gasteiger partial charge in [-0.2, -0.15) is 0 Å². The minimum atomic E-state index is -0.0951. The highest BCUT2D eigenvalue weighted by Gasteiger charge is 2.32. The van der Waals surface area contributed by atoms with Crippen molar-refractivity contribution in [1.82, 2.24) is 9.80 Å². The Balaban J connectivity index is 1.64. The zero-order valence-electron chi connectivity index (χ0n) is 17.0. The Morgan fingerprint density at radius 1 is 0.767 bits per heavy atom. The van der Waals surface area contributed by atoms with Crippen LogP contribution in [-0.4, -0.2) is 46.8 Å². The number of carbonyl (C=O) groups is 2. The Hall–Kier alpha value is -2.56. The first-order valence-electron chi connectivity index (χ1n) is 9.83. The van der Waals surface area contributed by atoms with E-state index in [1.807, 2.05) is 50.2 Å². The minimum Gasteiger partial charge on any atom is -0.333 e. The lowest BCUT2D eigenvalue weighted by atomic mass is 10.1. The monoisotopic (exact) mass is 442 g/mol. The molecule has 0 aromatic heterocycles. The Labute approximate surface area is 187 Å². The summed E-state index contributed by atoms with van der Waals surface area (Å²) in [6.07, 6.45) is 6.54. The summed E-state index contributed by atoms with van der Waals surface area (Å²) in [7, 11) is 0. The van der Waals surface area contributed by atoms with Gasteiger partial charge in [0.2, 0.25) is 11.8 Å². The van der Waals surface area contributed by atoms with Crippen molar-refractivity contribution in [3.63, 3.8) is 0 Å². The number of rotatable bonds is 4. The summed E-state index contributed by atoms with van der Waals surface area (Å²) in [6, 6.07) is 14.6. The van der Waals surface area contributed by atoms with Crippen LogP contribution in [0.1, 0.15) is 25.0 Å². The molecule has 2 amide bonds. The molecular weight excluding hydrogens is 419 g/mol. The van der Waals surface area contributed by atoms with Gasteiger partial charge in [-0.25, -0.2) is 0 Å². The van der Waals surface area contributed by atoms with Gasteiger partial charge in [-0.05, 0) is 49.3 Å². The van der Waals surface area contributed by atoms with Gasteiger partial charge in [-0.15, -0.1) is 0 Å².